The first-order chi connectivity index (χ1) is 40.4. The second kappa shape index (κ2) is 34.2. The molecule has 0 bridgehead atoms. The summed E-state index contributed by atoms with van der Waals surface area (Å²) in [7, 11) is 0. The van der Waals surface area contributed by atoms with E-state index in [1.807, 2.05) is 115 Å². The Labute approximate surface area is 541 Å². The van der Waals surface area contributed by atoms with Gasteiger partial charge in [-0.15, -0.1) is 0 Å². The summed E-state index contributed by atoms with van der Waals surface area (Å²) in [6, 6.07) is 18.6. The van der Waals surface area contributed by atoms with Crippen LogP contribution in [0.15, 0.2) is 73.2 Å². The number of hydrogen-bond donors (Lipinski definition) is 0. The Bertz CT molecular complexity index is 3340. The molecule has 0 aromatic carbocycles. The van der Waals surface area contributed by atoms with E-state index in [-0.39, 0.29) is 32.5 Å². The number of hydrogen-bond acceptors (Lipinski definition) is 13. The van der Waals surface area contributed by atoms with Crippen LogP contribution in [0, 0.1) is 118 Å². The molecule has 13 nitrogen and oxygen atoms in total. The Hall–Kier alpha value is -7.15. The van der Waals surface area contributed by atoms with E-state index in [1.54, 1.807) is 6.20 Å². The van der Waals surface area contributed by atoms with Crippen molar-refractivity contribution in [3.05, 3.63) is 204 Å². The highest BCUT2D eigenvalue weighted by molar-refractivity contribution is 5.26. The first-order valence-electron chi connectivity index (χ1n) is 31.3. The van der Waals surface area contributed by atoms with Crippen LogP contribution in [0.1, 0.15) is 256 Å². The predicted octanol–water partition coefficient (Wildman–Crippen LogP) is 18.7. The van der Waals surface area contributed by atoms with E-state index < -0.39 is 0 Å². The van der Waals surface area contributed by atoms with Crippen LogP contribution < -0.4 is 0 Å². The predicted molar refractivity (Wildman–Crippen MR) is 376 cm³/mol. The summed E-state index contributed by atoms with van der Waals surface area (Å²) in [5.41, 5.74) is 20.9. The summed E-state index contributed by atoms with van der Waals surface area (Å²) in [5, 5.41) is 0. The van der Waals surface area contributed by atoms with E-state index >= 15 is 0 Å². The summed E-state index contributed by atoms with van der Waals surface area (Å²) in [6.07, 6.45) is 5.55. The van der Waals surface area contributed by atoms with Gasteiger partial charge in [-0.05, 0) is 182 Å². The van der Waals surface area contributed by atoms with Crippen molar-refractivity contribution in [1.29, 1.82) is 0 Å². The Balaban J connectivity index is 0.000000511. The van der Waals surface area contributed by atoms with Crippen LogP contribution in [0.3, 0.4) is 0 Å². The largest absolute Gasteiger partial charge is 0.260 e. The average Bonchev–Trinajstić information content (AvgIpc) is 3.57. The van der Waals surface area contributed by atoms with Crippen LogP contribution in [-0.2, 0) is 32.5 Å². The van der Waals surface area contributed by atoms with Crippen LogP contribution in [0.25, 0.3) is 0 Å². The summed E-state index contributed by atoms with van der Waals surface area (Å²) >= 11 is 0. The van der Waals surface area contributed by atoms with Crippen molar-refractivity contribution < 1.29 is 0 Å². The highest BCUT2D eigenvalue weighted by atomic mass is 15.0. The van der Waals surface area contributed by atoms with Crippen LogP contribution in [0.4, 0.5) is 0 Å². The molecule has 0 unspecified atom stereocenters. The normalized spacial score (nSPS) is 11.3. The Kier molecular flexibility index (Phi) is 30.7. The molecule has 8 rings (SSSR count). The second-order valence-corrected chi connectivity index (χ2v) is 29.6. The molecule has 0 amide bonds. The standard InChI is InChI=1S/C12H21N3.C11H18N2.3C10H15N.C8H12N2.C8H11N.C7H10N2/c1-8-13-9(11(2,3)4)15-10(14-8)12(5,6)7;1-7-8(2)12-10(11(4,5)6)13-9(7)3;1-8-5-6-9(11-7-8)10(2,3)4;1-8-6-5-7-11-9(8)10(2,3)4;1-8-6-5-7-9(11-8)10(2,3)4;1-5-6(2)9-8(4)10-7(5)3;1-6-4-7(2)9-8(3)5-6;1-5-4-8-6(2)7(3)9-5/h1-7H3;1-6H3;3*5-7H,1-4H3;1-4H3;4-5H,1-3H3;4H,1-3H3. The highest BCUT2D eigenvalue weighted by Gasteiger charge is 2.24. The van der Waals surface area contributed by atoms with Crippen LogP contribution in [-0.4, -0.2) is 64.8 Å². The summed E-state index contributed by atoms with van der Waals surface area (Å²) in [4.78, 5) is 56.5. The molecular formula is C76H117N13. The smallest absolute Gasteiger partial charge is 0.137 e. The summed E-state index contributed by atoms with van der Waals surface area (Å²) in [5.74, 6) is 4.36. The van der Waals surface area contributed by atoms with Crippen molar-refractivity contribution in [2.24, 2.45) is 0 Å². The third-order valence-corrected chi connectivity index (χ3v) is 13.7. The molecule has 8 heterocycles. The number of pyridine rings is 4. The average molecular weight is 1210 g/mol. The van der Waals surface area contributed by atoms with Crippen molar-refractivity contribution >= 4 is 0 Å². The minimum Gasteiger partial charge on any atom is -0.260 e. The van der Waals surface area contributed by atoms with E-state index in [1.165, 1.54) is 33.5 Å². The molecule has 8 aromatic heterocycles. The maximum Gasteiger partial charge on any atom is 0.137 e. The first kappa shape index (κ1) is 79.9. The minimum atomic E-state index is -0.0201. The van der Waals surface area contributed by atoms with Crippen LogP contribution in [0.5, 0.6) is 0 Å². The van der Waals surface area contributed by atoms with Gasteiger partial charge in [0.2, 0.25) is 0 Å². The fourth-order valence-electron chi connectivity index (χ4n) is 8.04. The molecule has 0 fully saturated rings. The van der Waals surface area contributed by atoms with Gasteiger partial charge in [-0.1, -0.05) is 143 Å². The van der Waals surface area contributed by atoms with Gasteiger partial charge in [0.25, 0.3) is 0 Å². The lowest BCUT2D eigenvalue weighted by atomic mass is 9.89. The molecule has 0 saturated carbocycles. The Morgan fingerprint density at radius 3 is 1.04 bits per heavy atom. The van der Waals surface area contributed by atoms with Gasteiger partial charge in [0, 0.05) is 108 Å². The molecule has 0 radical (unpaired) electrons. The molecule has 0 N–H and O–H groups in total. The van der Waals surface area contributed by atoms with Gasteiger partial charge in [-0.25, -0.2) is 34.9 Å². The molecule has 13 heteroatoms. The highest BCUT2D eigenvalue weighted by Crippen LogP contribution is 2.25. The lowest BCUT2D eigenvalue weighted by Gasteiger charge is -2.22. The molecule has 0 atom stereocenters. The molecule has 89 heavy (non-hydrogen) atoms. The topological polar surface area (TPSA) is 168 Å². The molecule has 0 saturated heterocycles. The number of aryl methyl sites for hydroxylation is 15. The fourth-order valence-corrected chi connectivity index (χ4v) is 8.04. The number of aromatic nitrogens is 13. The van der Waals surface area contributed by atoms with Crippen LogP contribution >= 0.6 is 0 Å². The molecule has 0 spiro atoms. The van der Waals surface area contributed by atoms with Crippen molar-refractivity contribution in [3.8, 4) is 0 Å². The third-order valence-electron chi connectivity index (χ3n) is 13.7. The quantitative estimate of drug-likeness (QED) is 0.141. The number of nitrogens with zero attached hydrogens (tertiary/aromatic N) is 13. The van der Waals surface area contributed by atoms with E-state index in [4.69, 9.17) is 0 Å². The molecule has 0 aliphatic heterocycles. The van der Waals surface area contributed by atoms with Crippen LogP contribution in [0.2, 0.25) is 0 Å². The van der Waals surface area contributed by atoms with E-state index in [0.717, 1.165) is 97.4 Å². The second-order valence-electron chi connectivity index (χ2n) is 29.6. The summed E-state index contributed by atoms with van der Waals surface area (Å²) in [6.45, 7) is 72.9. The third kappa shape index (κ3) is 30.3. The lowest BCUT2D eigenvalue weighted by Crippen LogP contribution is -2.24. The van der Waals surface area contributed by atoms with Gasteiger partial charge in [-0.3, -0.25) is 29.9 Å². The molecular weight excluding hydrogens is 1090 g/mol. The lowest BCUT2D eigenvalue weighted by molar-refractivity contribution is 0.491. The Morgan fingerprint density at radius 2 is 0.708 bits per heavy atom. The van der Waals surface area contributed by atoms with E-state index in [2.05, 4.69) is 260 Å². The van der Waals surface area contributed by atoms with E-state index in [0.29, 0.717) is 0 Å². The monoisotopic (exact) mass is 1210 g/mol. The minimum absolute atomic E-state index is 0.0201. The zero-order valence-corrected chi connectivity index (χ0v) is 62.2. The maximum atomic E-state index is 4.55. The van der Waals surface area contributed by atoms with Crippen molar-refractivity contribution in [2.45, 2.75) is 275 Å². The van der Waals surface area contributed by atoms with Gasteiger partial charge in [0.1, 0.15) is 29.1 Å². The van der Waals surface area contributed by atoms with Crippen molar-refractivity contribution in [1.82, 2.24) is 64.8 Å². The summed E-state index contributed by atoms with van der Waals surface area (Å²) < 4.78 is 0. The number of rotatable bonds is 0. The van der Waals surface area contributed by atoms with Gasteiger partial charge >= 0.3 is 0 Å². The van der Waals surface area contributed by atoms with Gasteiger partial charge < -0.3 is 0 Å². The maximum absolute atomic E-state index is 4.55. The molecule has 8 aromatic rings. The molecule has 0 aliphatic rings. The van der Waals surface area contributed by atoms with Gasteiger partial charge in [0.05, 0.1) is 17.1 Å². The SMILES string of the molecule is Cc1cc(C)nc(C)c1.Cc1ccc(C(C)(C)C)nc1.Cc1cccc(C(C)(C)C)n1.Cc1cccnc1C(C)(C)C.Cc1cnc(C)c(C)n1.Cc1nc(C(C)(C)C)nc(C(C)(C)C)n1.Cc1nc(C(C)(C)C)nc(C)c1C.Cc1nc(C)c(C)c(C)n1. The van der Waals surface area contributed by atoms with Gasteiger partial charge in [0.15, 0.2) is 0 Å². The fraction of sp³-hybridized carbons (Fsp3) is 0.539. The zero-order chi connectivity index (χ0) is 69.0. The van der Waals surface area contributed by atoms with E-state index in [9.17, 15) is 0 Å². The zero-order valence-electron chi connectivity index (χ0n) is 62.2. The molecule has 0 aliphatic carbocycles. The van der Waals surface area contributed by atoms with Crippen molar-refractivity contribution in [2.75, 3.05) is 0 Å². The van der Waals surface area contributed by atoms with Crippen molar-refractivity contribution in [3.63, 3.8) is 0 Å². The Morgan fingerprint density at radius 1 is 0.270 bits per heavy atom. The first-order valence-corrected chi connectivity index (χ1v) is 31.3. The van der Waals surface area contributed by atoms with Gasteiger partial charge in [-0.2, -0.15) is 0 Å². The molecule has 486 valence electrons.